The maximum absolute atomic E-state index is 12.2. The zero-order valence-corrected chi connectivity index (χ0v) is 15.4. The van der Waals surface area contributed by atoms with E-state index in [1.165, 1.54) is 0 Å². The highest BCUT2D eigenvalue weighted by atomic mass is 16.2. The van der Waals surface area contributed by atoms with Gasteiger partial charge in [-0.15, -0.1) is 0 Å². The van der Waals surface area contributed by atoms with Crippen molar-refractivity contribution in [2.45, 2.75) is 40.5 Å². The zero-order valence-electron chi connectivity index (χ0n) is 15.4. The molecule has 0 aliphatic rings. The van der Waals surface area contributed by atoms with Gasteiger partial charge in [0, 0.05) is 31.3 Å². The standard InChI is InChI=1S/C21H26N2O2/c1-5-18-8-6-7-16(3)21(18)23(17(4)24)14-13-20(25)22-19-11-9-15(2)10-12-19/h6-12H,5,13-14H2,1-4H3,(H,22,25). The van der Waals surface area contributed by atoms with Crippen LogP contribution in [0.3, 0.4) is 0 Å². The van der Waals surface area contributed by atoms with E-state index in [-0.39, 0.29) is 18.2 Å². The molecule has 0 heterocycles. The van der Waals surface area contributed by atoms with Gasteiger partial charge in [0.05, 0.1) is 0 Å². The van der Waals surface area contributed by atoms with Crippen LogP contribution in [0.25, 0.3) is 0 Å². The van der Waals surface area contributed by atoms with E-state index in [0.29, 0.717) is 6.54 Å². The van der Waals surface area contributed by atoms with Crippen LogP contribution in [0.2, 0.25) is 0 Å². The molecule has 2 aromatic rings. The van der Waals surface area contributed by atoms with E-state index in [1.54, 1.807) is 11.8 Å². The van der Waals surface area contributed by atoms with Crippen LogP contribution in [-0.4, -0.2) is 18.4 Å². The molecule has 0 saturated carbocycles. The van der Waals surface area contributed by atoms with Crippen molar-refractivity contribution < 1.29 is 9.59 Å². The molecular weight excluding hydrogens is 312 g/mol. The first-order valence-corrected chi connectivity index (χ1v) is 8.65. The topological polar surface area (TPSA) is 49.4 Å². The van der Waals surface area contributed by atoms with Gasteiger partial charge in [-0.05, 0) is 43.5 Å². The fourth-order valence-electron chi connectivity index (χ4n) is 2.89. The molecule has 0 aliphatic carbocycles. The second-order valence-corrected chi connectivity index (χ2v) is 6.27. The number of anilines is 2. The van der Waals surface area contributed by atoms with Gasteiger partial charge < -0.3 is 10.2 Å². The van der Waals surface area contributed by atoms with Crippen molar-refractivity contribution in [1.82, 2.24) is 0 Å². The number of amides is 2. The van der Waals surface area contributed by atoms with Crippen LogP contribution in [-0.2, 0) is 16.0 Å². The van der Waals surface area contributed by atoms with Crippen LogP contribution in [0.15, 0.2) is 42.5 Å². The summed E-state index contributed by atoms with van der Waals surface area (Å²) in [6.07, 6.45) is 1.10. The van der Waals surface area contributed by atoms with Gasteiger partial charge in [0.15, 0.2) is 0 Å². The average Bonchev–Trinajstić information content (AvgIpc) is 2.58. The van der Waals surface area contributed by atoms with E-state index in [1.807, 2.05) is 56.3 Å². The van der Waals surface area contributed by atoms with Crippen molar-refractivity contribution in [1.29, 1.82) is 0 Å². The summed E-state index contributed by atoms with van der Waals surface area (Å²) in [4.78, 5) is 26.1. The number of benzene rings is 2. The summed E-state index contributed by atoms with van der Waals surface area (Å²) in [7, 11) is 0. The number of carbonyl (C=O) groups excluding carboxylic acids is 2. The summed E-state index contributed by atoms with van der Waals surface area (Å²) in [5.41, 5.74) is 5.02. The summed E-state index contributed by atoms with van der Waals surface area (Å²) in [6.45, 7) is 7.98. The van der Waals surface area contributed by atoms with Gasteiger partial charge in [0.1, 0.15) is 0 Å². The Morgan fingerprint density at radius 2 is 1.72 bits per heavy atom. The van der Waals surface area contributed by atoms with Crippen molar-refractivity contribution in [3.63, 3.8) is 0 Å². The van der Waals surface area contributed by atoms with Crippen LogP contribution in [0.5, 0.6) is 0 Å². The second-order valence-electron chi connectivity index (χ2n) is 6.27. The molecule has 0 bridgehead atoms. The molecule has 0 atom stereocenters. The Bertz CT molecular complexity index is 751. The molecule has 2 rings (SSSR count). The Labute approximate surface area is 149 Å². The van der Waals surface area contributed by atoms with E-state index in [9.17, 15) is 9.59 Å². The molecule has 0 unspecified atom stereocenters. The first-order chi connectivity index (χ1) is 11.9. The minimum Gasteiger partial charge on any atom is -0.326 e. The number of aryl methyl sites for hydroxylation is 3. The van der Waals surface area contributed by atoms with Gasteiger partial charge in [-0.1, -0.05) is 42.8 Å². The molecule has 25 heavy (non-hydrogen) atoms. The van der Waals surface area contributed by atoms with Crippen LogP contribution >= 0.6 is 0 Å². The maximum atomic E-state index is 12.2. The predicted octanol–water partition coefficient (Wildman–Crippen LogP) is 4.25. The van der Waals surface area contributed by atoms with Crippen molar-refractivity contribution in [2.24, 2.45) is 0 Å². The molecule has 0 fully saturated rings. The highest BCUT2D eigenvalue weighted by Gasteiger charge is 2.18. The number of hydrogen-bond donors (Lipinski definition) is 1. The molecule has 132 valence electrons. The Balaban J connectivity index is 2.09. The second kappa shape index (κ2) is 8.47. The highest BCUT2D eigenvalue weighted by Crippen LogP contribution is 2.26. The van der Waals surface area contributed by atoms with Crippen LogP contribution in [0.1, 0.15) is 37.0 Å². The lowest BCUT2D eigenvalue weighted by atomic mass is 10.0. The van der Waals surface area contributed by atoms with Crippen LogP contribution in [0.4, 0.5) is 11.4 Å². The maximum Gasteiger partial charge on any atom is 0.226 e. The third kappa shape index (κ3) is 4.92. The van der Waals surface area contributed by atoms with Gasteiger partial charge >= 0.3 is 0 Å². The van der Waals surface area contributed by atoms with Crippen LogP contribution in [0, 0.1) is 13.8 Å². The lowest BCUT2D eigenvalue weighted by molar-refractivity contribution is -0.117. The third-order valence-electron chi connectivity index (χ3n) is 4.25. The smallest absolute Gasteiger partial charge is 0.226 e. The molecular formula is C21H26N2O2. The quantitative estimate of drug-likeness (QED) is 0.856. The predicted molar refractivity (Wildman–Crippen MR) is 103 cm³/mol. The summed E-state index contributed by atoms with van der Waals surface area (Å²) >= 11 is 0. The molecule has 2 amide bonds. The van der Waals surface area contributed by atoms with E-state index < -0.39 is 0 Å². The molecule has 0 aromatic heterocycles. The number of hydrogen-bond acceptors (Lipinski definition) is 2. The van der Waals surface area contributed by atoms with Gasteiger partial charge in [0.25, 0.3) is 0 Å². The van der Waals surface area contributed by atoms with Crippen molar-refractivity contribution in [3.05, 3.63) is 59.2 Å². The summed E-state index contributed by atoms with van der Waals surface area (Å²) in [5, 5.41) is 2.88. The molecule has 4 nitrogen and oxygen atoms in total. The number of carbonyl (C=O) groups is 2. The minimum atomic E-state index is -0.0956. The molecule has 4 heteroatoms. The highest BCUT2D eigenvalue weighted by molar-refractivity contribution is 5.95. The monoisotopic (exact) mass is 338 g/mol. The Hall–Kier alpha value is -2.62. The molecule has 0 saturated heterocycles. The van der Waals surface area contributed by atoms with Crippen LogP contribution < -0.4 is 10.2 Å². The lowest BCUT2D eigenvalue weighted by Gasteiger charge is -2.25. The molecule has 2 aromatic carbocycles. The summed E-state index contributed by atoms with van der Waals surface area (Å²) in [6, 6.07) is 13.7. The number of nitrogens with one attached hydrogen (secondary N) is 1. The summed E-state index contributed by atoms with van der Waals surface area (Å²) in [5.74, 6) is -0.145. The summed E-state index contributed by atoms with van der Waals surface area (Å²) < 4.78 is 0. The van der Waals surface area contributed by atoms with Gasteiger partial charge in [-0.2, -0.15) is 0 Å². The van der Waals surface area contributed by atoms with E-state index in [2.05, 4.69) is 12.2 Å². The van der Waals surface area contributed by atoms with Crippen molar-refractivity contribution in [2.75, 3.05) is 16.8 Å². The first kappa shape index (κ1) is 18.7. The SMILES string of the molecule is CCc1cccc(C)c1N(CCC(=O)Nc1ccc(C)cc1)C(C)=O. The largest absolute Gasteiger partial charge is 0.326 e. The Morgan fingerprint density at radius 3 is 2.32 bits per heavy atom. The minimum absolute atomic E-state index is 0.0489. The Kier molecular flexibility index (Phi) is 6.34. The van der Waals surface area contributed by atoms with Crippen molar-refractivity contribution >= 4 is 23.2 Å². The number of rotatable bonds is 6. The van der Waals surface area contributed by atoms with E-state index in [0.717, 1.165) is 34.5 Å². The number of nitrogens with zero attached hydrogens (tertiary/aromatic N) is 1. The van der Waals surface area contributed by atoms with E-state index in [4.69, 9.17) is 0 Å². The lowest BCUT2D eigenvalue weighted by Crippen LogP contribution is -2.33. The fourth-order valence-corrected chi connectivity index (χ4v) is 2.89. The molecule has 1 N–H and O–H groups in total. The molecule has 0 spiro atoms. The normalized spacial score (nSPS) is 10.4. The van der Waals surface area contributed by atoms with Gasteiger partial charge in [-0.25, -0.2) is 0 Å². The number of para-hydroxylation sites is 1. The van der Waals surface area contributed by atoms with Gasteiger partial charge in [-0.3, -0.25) is 9.59 Å². The molecule has 0 aliphatic heterocycles. The van der Waals surface area contributed by atoms with E-state index >= 15 is 0 Å². The van der Waals surface area contributed by atoms with Crippen molar-refractivity contribution in [3.8, 4) is 0 Å². The molecule has 0 radical (unpaired) electrons. The zero-order chi connectivity index (χ0) is 18.4. The van der Waals surface area contributed by atoms with Gasteiger partial charge in [0.2, 0.25) is 11.8 Å². The average molecular weight is 338 g/mol. The first-order valence-electron chi connectivity index (χ1n) is 8.65. The Morgan fingerprint density at radius 1 is 1.04 bits per heavy atom. The third-order valence-corrected chi connectivity index (χ3v) is 4.25. The fraction of sp³-hybridized carbons (Fsp3) is 0.333.